The van der Waals surface area contributed by atoms with Crippen molar-refractivity contribution < 1.29 is 79.6 Å². The maximum atomic E-state index is 14.2. The average Bonchev–Trinajstić information content (AvgIpc) is 1.64. The zero-order valence-corrected chi connectivity index (χ0v) is 64.7. The number of benzene rings is 6. The van der Waals surface area contributed by atoms with E-state index in [1.54, 1.807) is 77.9 Å². The van der Waals surface area contributed by atoms with Gasteiger partial charge in [0.2, 0.25) is 57.6 Å². The third-order valence-electron chi connectivity index (χ3n) is 15.8. The number of carbonyl (C=O) groups is 5. The molecule has 33 heteroatoms. The molecule has 110 heavy (non-hydrogen) atoms. The van der Waals surface area contributed by atoms with Crippen LogP contribution < -0.4 is 25.4 Å². The summed E-state index contributed by atoms with van der Waals surface area (Å²) in [5.41, 5.74) is 5.58. The van der Waals surface area contributed by atoms with E-state index >= 15 is 0 Å². The van der Waals surface area contributed by atoms with Crippen LogP contribution in [0.5, 0.6) is 17.2 Å². The van der Waals surface area contributed by atoms with Gasteiger partial charge in [0.1, 0.15) is 30.3 Å². The highest BCUT2D eigenvalue weighted by Gasteiger charge is 2.33. The standard InChI is InChI=1S/2C27H28ClFN4O5.C19H16ClFN4O3.C4H7ClO/c2*1-6-8-22(34)36-16(4)25(31-19-12-13-20(30-5)24(28)15(19)3)27-33-32-26(38-27)17-10-11-18(29)21(14-17)37-23(35)9-7-2;1-9-13(6-7-14(22-3)16(9)20)23-17(10(2)26)19-25-24-18(28-19)11-4-5-12(21)15(27)8-11;1-2-3-4(5)6/h2*10-14,16,25,31H,6-9H2,1-4H3;4-8,10,17,23,26-27H,1-2H3;2-3H2,1H3/t2*16-,25-;10-,17-;/m111./s1. The molecule has 3 heterocycles. The van der Waals surface area contributed by atoms with Gasteiger partial charge in [0.05, 0.1) is 40.9 Å². The summed E-state index contributed by atoms with van der Waals surface area (Å²) >= 11 is 23.8. The molecule has 0 radical (unpaired) electrons. The summed E-state index contributed by atoms with van der Waals surface area (Å²) in [7, 11) is 0. The molecule has 0 saturated carbocycles. The number of aromatic hydroxyl groups is 1. The summed E-state index contributed by atoms with van der Waals surface area (Å²) in [6.07, 6.45) is 2.12. The lowest BCUT2D eigenvalue weighted by molar-refractivity contribution is -0.150. The molecule has 3 aromatic heterocycles. The molecule has 0 bridgehead atoms. The second kappa shape index (κ2) is 42.6. The van der Waals surface area contributed by atoms with Gasteiger partial charge in [0, 0.05) is 65.9 Å². The van der Waals surface area contributed by atoms with Gasteiger partial charge >= 0.3 is 23.9 Å². The zero-order chi connectivity index (χ0) is 81.1. The first-order chi connectivity index (χ1) is 52.4. The Morgan fingerprint density at radius 2 is 0.773 bits per heavy atom. The van der Waals surface area contributed by atoms with E-state index < -0.39 is 71.6 Å². The van der Waals surface area contributed by atoms with E-state index in [4.69, 9.17) is 98.3 Å². The predicted molar refractivity (Wildman–Crippen MR) is 407 cm³/mol. The van der Waals surface area contributed by atoms with Crippen LogP contribution in [0.3, 0.4) is 0 Å². The van der Waals surface area contributed by atoms with E-state index in [-0.39, 0.29) is 89.7 Å². The van der Waals surface area contributed by atoms with Crippen LogP contribution >= 0.6 is 46.4 Å². The molecule has 0 saturated heterocycles. The van der Waals surface area contributed by atoms with Crippen LogP contribution in [-0.2, 0) is 33.4 Å². The zero-order valence-electron chi connectivity index (χ0n) is 61.7. The number of anilines is 3. The summed E-state index contributed by atoms with van der Waals surface area (Å²) < 4.78 is 80.6. The first-order valence-electron chi connectivity index (χ1n) is 34.5. The number of ether oxygens (including phenoxy) is 4. The molecule has 0 aliphatic rings. The first-order valence-corrected chi connectivity index (χ1v) is 36.0. The Kier molecular flexibility index (Phi) is 34.0. The van der Waals surface area contributed by atoms with Crippen molar-refractivity contribution in [2.45, 2.75) is 177 Å². The van der Waals surface area contributed by atoms with Crippen molar-refractivity contribution in [1.82, 2.24) is 30.6 Å². The fraction of sp³-hybridized carbons (Fsp3) is 0.351. The minimum Gasteiger partial charge on any atom is -0.505 e. The molecule has 6 aromatic carbocycles. The molecule has 0 aliphatic heterocycles. The fourth-order valence-corrected chi connectivity index (χ4v) is 10.7. The van der Waals surface area contributed by atoms with Crippen LogP contribution in [0, 0.1) is 57.9 Å². The summed E-state index contributed by atoms with van der Waals surface area (Å²) in [6, 6.07) is 18.8. The monoisotopic (exact) mass is 1590 g/mol. The van der Waals surface area contributed by atoms with Gasteiger partial charge in [-0.15, -0.1) is 30.6 Å². The number of phenolic OH excluding ortho intramolecular Hbond substituents is 1. The number of phenols is 1. The van der Waals surface area contributed by atoms with E-state index in [0.29, 0.717) is 115 Å². The van der Waals surface area contributed by atoms with E-state index in [0.717, 1.165) is 24.6 Å². The Morgan fingerprint density at radius 3 is 1.07 bits per heavy atom. The van der Waals surface area contributed by atoms with Crippen LogP contribution in [0.2, 0.25) is 15.1 Å². The quantitative estimate of drug-likeness (QED) is 0.0126. The van der Waals surface area contributed by atoms with Gasteiger partial charge in [-0.2, -0.15) is 0 Å². The van der Waals surface area contributed by atoms with E-state index in [1.165, 1.54) is 36.4 Å². The largest absolute Gasteiger partial charge is 0.505 e. The highest BCUT2D eigenvalue weighted by atomic mass is 35.5. The average molecular weight is 1600 g/mol. The van der Waals surface area contributed by atoms with E-state index in [1.807, 2.05) is 34.6 Å². The molecule has 5 N–H and O–H groups in total. The van der Waals surface area contributed by atoms with E-state index in [2.05, 4.69) is 61.1 Å². The van der Waals surface area contributed by atoms with Gasteiger partial charge in [0.15, 0.2) is 34.7 Å². The van der Waals surface area contributed by atoms with Gasteiger partial charge in [-0.05, 0) is 175 Å². The number of halogens is 7. The number of nitrogens with zero attached hydrogens (tertiary/aromatic N) is 9. The van der Waals surface area contributed by atoms with Gasteiger partial charge < -0.3 is 58.4 Å². The molecule has 0 aliphatic carbocycles. The van der Waals surface area contributed by atoms with E-state index in [9.17, 15) is 47.4 Å². The number of esters is 4. The minimum absolute atomic E-state index is 0.0461. The molecular formula is C77H79Cl4F3N12O14. The first kappa shape index (κ1) is 87.8. The van der Waals surface area contributed by atoms with Crippen LogP contribution in [0.15, 0.2) is 104 Å². The molecule has 26 nitrogen and oxygen atoms in total. The van der Waals surface area contributed by atoms with Crippen molar-refractivity contribution in [3.63, 3.8) is 0 Å². The molecule has 580 valence electrons. The normalized spacial score (nSPS) is 12.3. The van der Waals surface area contributed by atoms with Gasteiger partial charge in [-0.1, -0.05) is 87.6 Å². The lowest BCUT2D eigenvalue weighted by Crippen LogP contribution is -2.28. The number of aromatic nitrogens is 6. The van der Waals surface area contributed by atoms with Crippen molar-refractivity contribution >= 4 is 110 Å². The molecule has 6 atom stereocenters. The summed E-state index contributed by atoms with van der Waals surface area (Å²) in [5.74, 6) is -4.65. The number of rotatable bonds is 29. The number of hydrogen-bond acceptors (Lipinski definition) is 23. The topological polar surface area (TPSA) is 329 Å². The highest BCUT2D eigenvalue weighted by molar-refractivity contribution is 6.63. The van der Waals surface area contributed by atoms with Crippen molar-refractivity contribution in [2.24, 2.45) is 0 Å². The molecule has 0 spiro atoms. The molecule has 0 unspecified atom stereocenters. The van der Waals surface area contributed by atoms with Crippen molar-refractivity contribution in [3.05, 3.63) is 192 Å². The Bertz CT molecular complexity index is 4640. The molecular weight excluding hydrogens is 1520 g/mol. The smallest absolute Gasteiger partial charge is 0.311 e. The SMILES string of the molecule is CCCC(=O)Cl.[C-]#[N+]c1ccc(N[C@@H](c2nnc(-c3ccc(F)c(O)c3)o2)[C@@H](C)O)c(C)c1Cl.[C-]#[N+]c1ccc(N[C@@H](c2nnc(-c3ccc(F)c(OC(=O)CCC)c3)o2)[C@@H](C)OC(=O)CCC)c(C)c1Cl.[C-]#[N+]c1ccc(N[C@@H](c2nnc(-c3ccc(F)c(OC(=O)CCC)c3)o2)[C@@H](C)OC(=O)CCC)c(C)c1Cl. The third kappa shape index (κ3) is 24.4. The maximum Gasteiger partial charge on any atom is 0.311 e. The molecule has 9 aromatic rings. The number of nitrogens with one attached hydrogen (secondary N) is 3. The van der Waals surface area contributed by atoms with Crippen LogP contribution in [0.1, 0.15) is 172 Å². The third-order valence-corrected chi connectivity index (χ3v) is 17.4. The van der Waals surface area contributed by atoms with Crippen molar-refractivity contribution in [1.29, 1.82) is 0 Å². The Morgan fingerprint density at radius 1 is 0.464 bits per heavy atom. The number of aliphatic hydroxyl groups excluding tert-OH is 1. The second-order valence-electron chi connectivity index (χ2n) is 24.4. The fourth-order valence-electron chi connectivity index (χ4n) is 9.93. The second-order valence-corrected chi connectivity index (χ2v) is 25.9. The number of hydrogen-bond donors (Lipinski definition) is 5. The lowest BCUT2D eigenvalue weighted by Gasteiger charge is -2.24. The number of carbonyl (C=O) groups excluding carboxylic acids is 5. The lowest BCUT2D eigenvalue weighted by atomic mass is 10.1. The number of aliphatic hydroxyl groups is 1. The summed E-state index contributed by atoms with van der Waals surface area (Å²) in [4.78, 5) is 68.2. The maximum absolute atomic E-state index is 14.2. The summed E-state index contributed by atoms with van der Waals surface area (Å²) in [5, 5.41) is 54.2. The molecule has 0 amide bonds. The minimum atomic E-state index is -0.909. The Hall–Kier alpha value is -11.1. The Labute approximate surface area is 652 Å². The highest BCUT2D eigenvalue weighted by Crippen LogP contribution is 2.41. The van der Waals surface area contributed by atoms with Crippen molar-refractivity contribution in [3.8, 4) is 51.6 Å². The van der Waals surface area contributed by atoms with Crippen LogP contribution in [0.25, 0.3) is 48.9 Å². The van der Waals surface area contributed by atoms with Gasteiger partial charge in [-0.25, -0.2) is 27.7 Å². The molecule has 0 fully saturated rings. The predicted octanol–water partition coefficient (Wildman–Crippen LogP) is 20.1. The van der Waals surface area contributed by atoms with Crippen LogP contribution in [-0.4, -0.2) is 88.2 Å². The Balaban J connectivity index is 0.000000251. The van der Waals surface area contributed by atoms with Crippen molar-refractivity contribution in [2.75, 3.05) is 16.0 Å². The molecule has 9 rings (SSSR count). The summed E-state index contributed by atoms with van der Waals surface area (Å²) in [6.45, 7) is 41.1. The van der Waals surface area contributed by atoms with Gasteiger partial charge in [0.25, 0.3) is 0 Å². The van der Waals surface area contributed by atoms with Crippen LogP contribution in [0.4, 0.5) is 47.3 Å². The van der Waals surface area contributed by atoms with Gasteiger partial charge in [-0.3, -0.25) is 24.0 Å².